The summed E-state index contributed by atoms with van der Waals surface area (Å²) in [6.07, 6.45) is 1.20. The summed E-state index contributed by atoms with van der Waals surface area (Å²) >= 11 is 0. The molecule has 6 heteroatoms. The van der Waals surface area contributed by atoms with Gasteiger partial charge in [-0.2, -0.15) is 4.31 Å². The molecule has 29 heavy (non-hydrogen) atoms. The molecular weight excluding hydrogens is 386 g/mol. The van der Waals surface area contributed by atoms with Crippen molar-refractivity contribution in [3.05, 3.63) is 64.7 Å². The maximum absolute atomic E-state index is 14.0. The van der Waals surface area contributed by atoms with Gasteiger partial charge < -0.3 is 4.74 Å². The topological polar surface area (TPSA) is 63.7 Å². The lowest BCUT2D eigenvalue weighted by Gasteiger charge is -2.31. The van der Waals surface area contributed by atoms with Crippen molar-refractivity contribution in [2.45, 2.75) is 57.2 Å². The number of benzene rings is 2. The lowest BCUT2D eigenvalue weighted by molar-refractivity contribution is -0.125. The lowest BCUT2D eigenvalue weighted by atomic mass is 10.0. The van der Waals surface area contributed by atoms with Crippen LogP contribution in [0, 0.1) is 26.7 Å². The van der Waals surface area contributed by atoms with Gasteiger partial charge in [0.1, 0.15) is 12.0 Å². The molecule has 0 spiro atoms. The summed E-state index contributed by atoms with van der Waals surface area (Å²) in [5.74, 6) is -0.300. The van der Waals surface area contributed by atoms with Gasteiger partial charge in [0.15, 0.2) is 0 Å². The molecule has 3 atom stereocenters. The van der Waals surface area contributed by atoms with Crippen LogP contribution in [0.15, 0.2) is 47.4 Å². The number of hydrogen-bond donors (Lipinski definition) is 0. The number of aryl methyl sites for hydroxylation is 3. The molecule has 0 bridgehead atoms. The molecule has 1 heterocycles. The van der Waals surface area contributed by atoms with E-state index in [0.29, 0.717) is 17.7 Å². The van der Waals surface area contributed by atoms with E-state index >= 15 is 0 Å². The van der Waals surface area contributed by atoms with Crippen molar-refractivity contribution in [2.24, 2.45) is 5.92 Å². The third-order valence-electron chi connectivity index (χ3n) is 6.00. The summed E-state index contributed by atoms with van der Waals surface area (Å²) in [5.41, 5.74) is 3.35. The molecule has 1 aliphatic carbocycles. The Kier molecular flexibility index (Phi) is 5.36. The van der Waals surface area contributed by atoms with Crippen LogP contribution in [0.1, 0.15) is 47.6 Å². The molecule has 5 nitrogen and oxygen atoms in total. The van der Waals surface area contributed by atoms with Crippen LogP contribution in [0.4, 0.5) is 0 Å². The van der Waals surface area contributed by atoms with Crippen molar-refractivity contribution >= 4 is 15.8 Å². The predicted molar refractivity (Wildman–Crippen MR) is 111 cm³/mol. The summed E-state index contributed by atoms with van der Waals surface area (Å²) in [7, 11) is -3.87. The second kappa shape index (κ2) is 7.67. The van der Waals surface area contributed by atoms with Gasteiger partial charge >= 0.3 is 0 Å². The fraction of sp³-hybridized carbons (Fsp3) is 0.435. The maximum Gasteiger partial charge on any atom is 0.246 e. The molecule has 0 unspecified atom stereocenters. The Labute approximate surface area is 172 Å². The lowest BCUT2D eigenvalue weighted by Crippen LogP contribution is -2.43. The van der Waals surface area contributed by atoms with Crippen LogP contribution in [0.3, 0.4) is 0 Å². The number of Topliss-reactive ketones (excluding diaryl/α,β-unsaturated/α-hetero) is 1. The van der Waals surface area contributed by atoms with E-state index < -0.39 is 28.2 Å². The molecule has 2 aromatic carbocycles. The first-order valence-corrected chi connectivity index (χ1v) is 11.6. The molecule has 1 saturated carbocycles. The minimum Gasteiger partial charge on any atom is -0.359 e. The predicted octanol–water partition coefficient (Wildman–Crippen LogP) is 4.07. The van der Waals surface area contributed by atoms with Crippen LogP contribution in [0.25, 0.3) is 0 Å². The van der Waals surface area contributed by atoms with Crippen molar-refractivity contribution in [3.8, 4) is 0 Å². The van der Waals surface area contributed by atoms with Crippen LogP contribution >= 0.6 is 0 Å². The van der Waals surface area contributed by atoms with Crippen LogP contribution in [-0.2, 0) is 19.6 Å². The monoisotopic (exact) mass is 413 g/mol. The summed E-state index contributed by atoms with van der Waals surface area (Å²) < 4.78 is 35.5. The van der Waals surface area contributed by atoms with Gasteiger partial charge in [-0.15, -0.1) is 0 Å². The van der Waals surface area contributed by atoms with Crippen molar-refractivity contribution in [3.63, 3.8) is 0 Å². The average Bonchev–Trinajstić information content (AvgIpc) is 3.27. The first-order valence-electron chi connectivity index (χ1n) is 10.1. The standard InChI is InChI=1S/C23H27NO4S/c1-15-12-16(2)22(17(3)13-15)29(26,27)24-20(18-8-5-4-6-9-18)14-28-23(24)19-10-7-11-21(19)25/h4-6,8-9,12-13,19-20,23H,7,10-11,14H2,1-3H3/t19-,20-,23+/m1/s1. The Morgan fingerprint density at radius 3 is 2.28 bits per heavy atom. The maximum atomic E-state index is 14.0. The zero-order valence-corrected chi connectivity index (χ0v) is 17.9. The van der Waals surface area contributed by atoms with E-state index in [2.05, 4.69) is 0 Å². The van der Waals surface area contributed by atoms with Crippen molar-refractivity contribution in [1.29, 1.82) is 0 Å². The van der Waals surface area contributed by atoms with Crippen LogP contribution < -0.4 is 0 Å². The number of rotatable bonds is 4. The molecule has 0 N–H and O–H groups in total. The second-order valence-electron chi connectivity index (χ2n) is 8.18. The summed E-state index contributed by atoms with van der Waals surface area (Å²) in [5, 5.41) is 0. The summed E-state index contributed by atoms with van der Waals surface area (Å²) in [6, 6.07) is 12.9. The average molecular weight is 414 g/mol. The Hall–Kier alpha value is -2.02. The number of carbonyl (C=O) groups excluding carboxylic acids is 1. The Morgan fingerprint density at radius 2 is 1.69 bits per heavy atom. The molecule has 2 aliphatic rings. The zero-order chi connectivity index (χ0) is 20.8. The van der Waals surface area contributed by atoms with Gasteiger partial charge in [0, 0.05) is 6.42 Å². The quantitative estimate of drug-likeness (QED) is 0.758. The number of sulfonamides is 1. The Morgan fingerprint density at radius 1 is 1.03 bits per heavy atom. The number of hydrogen-bond acceptors (Lipinski definition) is 4. The summed E-state index contributed by atoms with van der Waals surface area (Å²) in [4.78, 5) is 12.8. The Bertz CT molecular complexity index is 1010. The van der Waals surface area contributed by atoms with Crippen molar-refractivity contribution < 1.29 is 17.9 Å². The molecular formula is C23H27NO4S. The molecule has 4 rings (SSSR count). The molecule has 0 amide bonds. The number of ketones is 1. The van der Waals surface area contributed by atoms with E-state index in [1.54, 1.807) is 0 Å². The number of carbonyl (C=O) groups is 1. The first-order chi connectivity index (χ1) is 13.8. The molecule has 0 aromatic heterocycles. The van der Waals surface area contributed by atoms with Crippen LogP contribution in [0.2, 0.25) is 0 Å². The molecule has 0 radical (unpaired) electrons. The number of ether oxygens (including phenoxy) is 1. The van der Waals surface area contributed by atoms with Crippen molar-refractivity contribution in [2.75, 3.05) is 6.61 Å². The first kappa shape index (κ1) is 20.3. The summed E-state index contributed by atoms with van der Waals surface area (Å²) in [6.45, 7) is 5.87. The highest BCUT2D eigenvalue weighted by atomic mass is 32.2. The van der Waals surface area contributed by atoms with Crippen molar-refractivity contribution in [1.82, 2.24) is 4.31 Å². The SMILES string of the molecule is Cc1cc(C)c(S(=O)(=O)N2[C@@H](c3ccccc3)CO[C@H]2[C@@H]2CCCC2=O)c(C)c1. The highest BCUT2D eigenvalue weighted by Crippen LogP contribution is 2.42. The van der Waals surface area contributed by atoms with E-state index in [0.717, 1.165) is 28.7 Å². The van der Waals surface area contributed by atoms with Gasteiger partial charge in [-0.25, -0.2) is 8.42 Å². The van der Waals surface area contributed by atoms with Crippen LogP contribution in [-0.4, -0.2) is 31.3 Å². The van der Waals surface area contributed by atoms with E-state index in [-0.39, 0.29) is 12.4 Å². The second-order valence-corrected chi connectivity index (χ2v) is 9.96. The van der Waals surface area contributed by atoms with Gasteiger partial charge in [-0.1, -0.05) is 48.0 Å². The third-order valence-corrected chi connectivity index (χ3v) is 8.18. The minimum absolute atomic E-state index is 0.0984. The van der Waals surface area contributed by atoms with E-state index in [4.69, 9.17) is 4.74 Å². The van der Waals surface area contributed by atoms with Gasteiger partial charge in [0.2, 0.25) is 10.0 Å². The fourth-order valence-electron chi connectivity index (χ4n) is 4.85. The third kappa shape index (κ3) is 3.54. The van der Waals surface area contributed by atoms with Gasteiger partial charge in [-0.05, 0) is 50.3 Å². The van der Waals surface area contributed by atoms with Gasteiger partial charge in [-0.3, -0.25) is 4.79 Å². The van der Waals surface area contributed by atoms with Gasteiger partial charge in [0.05, 0.1) is 23.5 Å². The number of nitrogens with zero attached hydrogens (tertiary/aromatic N) is 1. The zero-order valence-electron chi connectivity index (χ0n) is 17.1. The smallest absolute Gasteiger partial charge is 0.246 e. The highest BCUT2D eigenvalue weighted by molar-refractivity contribution is 7.89. The fourth-order valence-corrected chi connectivity index (χ4v) is 6.99. The minimum atomic E-state index is -3.87. The normalized spacial score (nSPS) is 25.6. The van der Waals surface area contributed by atoms with Gasteiger partial charge in [0.25, 0.3) is 0 Å². The van der Waals surface area contributed by atoms with E-state index in [1.165, 1.54) is 4.31 Å². The molecule has 1 aliphatic heterocycles. The molecule has 2 fully saturated rings. The highest BCUT2D eigenvalue weighted by Gasteiger charge is 2.50. The molecule has 1 saturated heterocycles. The molecule has 154 valence electrons. The Balaban J connectivity index is 1.85. The molecule has 2 aromatic rings. The van der Waals surface area contributed by atoms with Crippen LogP contribution in [0.5, 0.6) is 0 Å². The largest absolute Gasteiger partial charge is 0.359 e. The van der Waals surface area contributed by atoms with E-state index in [9.17, 15) is 13.2 Å². The van der Waals surface area contributed by atoms with E-state index in [1.807, 2.05) is 63.2 Å².